The first-order valence-corrected chi connectivity index (χ1v) is 17.8. The number of phenolic OH excluding ortho intramolecular Hbond substituents is 1. The molecule has 0 amide bonds. The Hall–Kier alpha value is -3.98. The molecular formula is C40H42Cl2FN3O2S. The third-order valence-electron chi connectivity index (χ3n) is 7.19. The molecule has 0 saturated heterocycles. The van der Waals surface area contributed by atoms with Gasteiger partial charge < -0.3 is 15.4 Å². The number of aromatic amines is 1. The van der Waals surface area contributed by atoms with E-state index in [4.69, 9.17) is 23.2 Å². The maximum Gasteiger partial charge on any atom is 0.151 e. The number of phenols is 1. The molecule has 0 aliphatic rings. The number of benzene rings is 4. The number of hydrogen-bond acceptors (Lipinski definition) is 3. The summed E-state index contributed by atoms with van der Waals surface area (Å²) in [4.78, 5) is 3.23. The van der Waals surface area contributed by atoms with Gasteiger partial charge in [-0.2, -0.15) is 0 Å². The number of nitrogens with zero attached hydrogens (tertiary/aromatic N) is 1. The smallest absolute Gasteiger partial charge is 0.151 e. The minimum absolute atomic E-state index is 0.0343. The zero-order chi connectivity index (χ0) is 35.3. The molecule has 49 heavy (non-hydrogen) atoms. The van der Waals surface area contributed by atoms with Crippen LogP contribution in [0.2, 0.25) is 10.0 Å². The monoisotopic (exact) mass is 717 g/mol. The molecule has 0 spiro atoms. The van der Waals surface area contributed by atoms with Crippen LogP contribution in [-0.4, -0.2) is 25.1 Å². The highest BCUT2D eigenvalue weighted by Crippen LogP contribution is 2.35. The molecule has 0 bridgehead atoms. The predicted octanol–water partition coefficient (Wildman–Crippen LogP) is 10.6. The van der Waals surface area contributed by atoms with Crippen molar-refractivity contribution < 1.29 is 13.7 Å². The number of rotatable bonds is 13. The van der Waals surface area contributed by atoms with Gasteiger partial charge in [0.15, 0.2) is 5.75 Å². The van der Waals surface area contributed by atoms with Crippen molar-refractivity contribution in [3.8, 4) is 16.9 Å². The number of aromatic hydroxyl groups is 1. The average molecular weight is 719 g/mol. The Morgan fingerprint density at radius 2 is 1.57 bits per heavy atom. The Morgan fingerprint density at radius 3 is 2.20 bits per heavy atom. The van der Waals surface area contributed by atoms with Gasteiger partial charge in [-0.1, -0.05) is 123 Å². The van der Waals surface area contributed by atoms with Gasteiger partial charge in [0.1, 0.15) is 16.8 Å². The standard InChI is InChI=1S/C36H32Cl2FN3O2S.C4H10/c1-2-4-30(31-15-16-40-21-31)22-41-20-26-5-3-6-27(17-26)24-42(45(44)35-19-32(37)18-34(38)36(35)43)23-25-7-9-28(10-8-25)29-11-13-33(39)14-12-29;1-4(2)3/h2-19,21,40-41,43H,1,20,22-24H2;4H,1-3H3/b30-4-;. The third kappa shape index (κ3) is 11.6. The van der Waals surface area contributed by atoms with Crippen LogP contribution in [0.1, 0.15) is 43.0 Å². The number of hydrogen-bond donors (Lipinski definition) is 3. The van der Waals surface area contributed by atoms with Gasteiger partial charge >= 0.3 is 0 Å². The molecular weight excluding hydrogens is 676 g/mol. The molecule has 0 fully saturated rings. The fourth-order valence-electron chi connectivity index (χ4n) is 4.94. The summed E-state index contributed by atoms with van der Waals surface area (Å²) in [5.41, 5.74) is 6.99. The van der Waals surface area contributed by atoms with E-state index in [1.54, 1.807) is 22.5 Å². The van der Waals surface area contributed by atoms with E-state index in [-0.39, 0.29) is 26.5 Å². The molecule has 0 radical (unpaired) electrons. The molecule has 256 valence electrons. The predicted molar refractivity (Wildman–Crippen MR) is 203 cm³/mol. The molecule has 1 atom stereocenters. The van der Waals surface area contributed by atoms with Crippen molar-refractivity contribution in [2.24, 2.45) is 5.92 Å². The minimum atomic E-state index is -1.80. The molecule has 0 saturated carbocycles. The van der Waals surface area contributed by atoms with Crippen LogP contribution in [0.15, 0.2) is 127 Å². The van der Waals surface area contributed by atoms with Crippen LogP contribution < -0.4 is 5.32 Å². The first kappa shape index (κ1) is 37.8. The van der Waals surface area contributed by atoms with E-state index in [1.807, 2.05) is 67.0 Å². The lowest BCUT2D eigenvalue weighted by Gasteiger charge is -2.23. The topological polar surface area (TPSA) is 68.4 Å². The quantitative estimate of drug-likeness (QED) is 0.106. The van der Waals surface area contributed by atoms with E-state index in [9.17, 15) is 13.7 Å². The molecule has 0 aliphatic heterocycles. The van der Waals surface area contributed by atoms with Crippen molar-refractivity contribution in [1.82, 2.24) is 14.6 Å². The molecule has 9 heteroatoms. The molecule has 3 N–H and O–H groups in total. The van der Waals surface area contributed by atoms with Crippen molar-refractivity contribution in [2.45, 2.75) is 45.3 Å². The summed E-state index contributed by atoms with van der Waals surface area (Å²) < 4.78 is 29.2. The number of halogens is 3. The van der Waals surface area contributed by atoms with Gasteiger partial charge in [0.25, 0.3) is 0 Å². The van der Waals surface area contributed by atoms with Crippen LogP contribution in [-0.2, 0) is 30.6 Å². The highest BCUT2D eigenvalue weighted by atomic mass is 35.5. The average Bonchev–Trinajstić information content (AvgIpc) is 3.61. The van der Waals surface area contributed by atoms with Crippen LogP contribution in [0.25, 0.3) is 16.7 Å². The van der Waals surface area contributed by atoms with Crippen molar-refractivity contribution in [3.63, 3.8) is 0 Å². The molecule has 4 aromatic carbocycles. The van der Waals surface area contributed by atoms with Crippen molar-refractivity contribution in [1.29, 1.82) is 0 Å². The number of nitrogens with one attached hydrogen (secondary N) is 2. The van der Waals surface area contributed by atoms with E-state index in [0.29, 0.717) is 26.2 Å². The largest absolute Gasteiger partial charge is 0.505 e. The van der Waals surface area contributed by atoms with Gasteiger partial charge in [-0.15, -0.1) is 0 Å². The highest BCUT2D eigenvalue weighted by Gasteiger charge is 2.22. The van der Waals surface area contributed by atoms with Crippen LogP contribution >= 0.6 is 23.2 Å². The van der Waals surface area contributed by atoms with Gasteiger partial charge in [-0.3, -0.25) is 0 Å². The summed E-state index contributed by atoms with van der Waals surface area (Å²) in [6.07, 6.45) is 7.61. The Balaban J connectivity index is 0.00000128. The van der Waals surface area contributed by atoms with Gasteiger partial charge in [-0.25, -0.2) is 12.9 Å². The second kappa shape index (κ2) is 18.7. The Bertz CT molecular complexity index is 1860. The first-order valence-electron chi connectivity index (χ1n) is 16.0. The lowest BCUT2D eigenvalue weighted by molar-refractivity contribution is 0.425. The van der Waals surface area contributed by atoms with Crippen LogP contribution in [0, 0.1) is 11.7 Å². The fourth-order valence-corrected chi connectivity index (χ4v) is 6.87. The molecule has 5 aromatic rings. The van der Waals surface area contributed by atoms with Crippen molar-refractivity contribution in [2.75, 3.05) is 6.54 Å². The summed E-state index contributed by atoms with van der Waals surface area (Å²) in [5.74, 6) is 0.281. The van der Waals surface area contributed by atoms with E-state index >= 15 is 0 Å². The lowest BCUT2D eigenvalue weighted by atomic mass is 10.0. The summed E-state index contributed by atoms with van der Waals surface area (Å²) in [5, 5.41) is 14.5. The zero-order valence-corrected chi connectivity index (χ0v) is 30.3. The molecule has 5 rings (SSSR count). The summed E-state index contributed by atoms with van der Waals surface area (Å²) in [7, 11) is -1.80. The van der Waals surface area contributed by atoms with E-state index in [2.05, 4.69) is 43.7 Å². The maximum absolute atomic E-state index is 14.0. The molecule has 1 unspecified atom stereocenters. The van der Waals surface area contributed by atoms with Gasteiger partial charge in [-0.05, 0) is 75.2 Å². The first-order chi connectivity index (χ1) is 23.5. The van der Waals surface area contributed by atoms with Gasteiger partial charge in [0, 0.05) is 43.6 Å². The van der Waals surface area contributed by atoms with E-state index in [0.717, 1.165) is 44.9 Å². The molecule has 1 heterocycles. The second-order valence-electron chi connectivity index (χ2n) is 12.2. The number of H-pyrrole nitrogens is 1. The van der Waals surface area contributed by atoms with E-state index < -0.39 is 11.0 Å². The summed E-state index contributed by atoms with van der Waals surface area (Å²) >= 11 is 12.4. The van der Waals surface area contributed by atoms with E-state index in [1.165, 1.54) is 24.3 Å². The SMILES string of the molecule is C=C/C=C(/CNCc1cccc(CN(Cc2ccc(-c3ccc(F)cc3)cc2)S(=O)c2cc(Cl)cc(Cl)c2O)c1)c1cc[nH]c1.CC(C)C. The Kier molecular flexibility index (Phi) is 14.4. The van der Waals surface area contributed by atoms with Crippen molar-refractivity contribution in [3.05, 3.63) is 160 Å². The van der Waals surface area contributed by atoms with Crippen molar-refractivity contribution >= 4 is 39.8 Å². The minimum Gasteiger partial charge on any atom is -0.505 e. The molecule has 0 aliphatic carbocycles. The zero-order valence-electron chi connectivity index (χ0n) is 27.9. The van der Waals surface area contributed by atoms with Crippen LogP contribution in [0.4, 0.5) is 4.39 Å². The van der Waals surface area contributed by atoms with Gasteiger partial charge in [0.2, 0.25) is 0 Å². The fraction of sp³-hybridized carbons (Fsp3) is 0.200. The Labute approximate surface area is 301 Å². The van der Waals surface area contributed by atoms with Crippen LogP contribution in [0.5, 0.6) is 5.75 Å². The second-order valence-corrected chi connectivity index (χ2v) is 14.5. The lowest BCUT2D eigenvalue weighted by Crippen LogP contribution is -2.25. The summed E-state index contributed by atoms with van der Waals surface area (Å²) in [6.45, 7) is 12.3. The normalized spacial score (nSPS) is 12.1. The molecule has 1 aromatic heterocycles. The number of allylic oxidation sites excluding steroid dienone is 2. The van der Waals surface area contributed by atoms with Crippen LogP contribution in [0.3, 0.4) is 0 Å². The third-order valence-corrected chi connectivity index (χ3v) is 9.11. The molecule has 5 nitrogen and oxygen atoms in total. The summed E-state index contributed by atoms with van der Waals surface area (Å²) in [6, 6.07) is 27.1. The number of aromatic nitrogens is 1. The maximum atomic E-state index is 14.0. The van der Waals surface area contributed by atoms with Gasteiger partial charge in [0.05, 0.1) is 9.92 Å². The highest BCUT2D eigenvalue weighted by molar-refractivity contribution is 7.82. The Morgan fingerprint density at radius 1 is 0.939 bits per heavy atom.